The molecule has 0 saturated heterocycles. The minimum Gasteiger partial charge on any atom is -0.378 e. The molecule has 25 heavy (non-hydrogen) atoms. The molecule has 0 aliphatic carbocycles. The maximum absolute atomic E-state index is 12.4. The number of benzene rings is 2. The fraction of sp³-hybridized carbons (Fsp3) is 0.158. The molecule has 0 aliphatic rings. The summed E-state index contributed by atoms with van der Waals surface area (Å²) in [5.41, 5.74) is 7.31. The first-order chi connectivity index (χ1) is 12.0. The fourth-order valence-electron chi connectivity index (χ4n) is 2.56. The van der Waals surface area contributed by atoms with Gasteiger partial charge in [-0.15, -0.1) is 11.3 Å². The van der Waals surface area contributed by atoms with Crippen molar-refractivity contribution in [2.45, 2.75) is 6.92 Å². The highest BCUT2D eigenvalue weighted by molar-refractivity contribution is 7.21. The number of anilines is 1. The van der Waals surface area contributed by atoms with Crippen molar-refractivity contribution in [2.24, 2.45) is 0 Å². The number of hydrazine groups is 1. The maximum Gasteiger partial charge on any atom is 0.280 e. The number of amides is 2. The summed E-state index contributed by atoms with van der Waals surface area (Å²) in [5, 5.41) is 1.06. The molecule has 0 unspecified atom stereocenters. The van der Waals surface area contributed by atoms with Crippen molar-refractivity contribution in [3.63, 3.8) is 0 Å². The van der Waals surface area contributed by atoms with E-state index in [4.69, 9.17) is 0 Å². The first kappa shape index (κ1) is 17.0. The molecular formula is C19H19N3O2S. The van der Waals surface area contributed by atoms with Gasteiger partial charge in [-0.05, 0) is 42.1 Å². The van der Waals surface area contributed by atoms with Gasteiger partial charge in [-0.3, -0.25) is 20.4 Å². The van der Waals surface area contributed by atoms with Gasteiger partial charge in [-0.1, -0.05) is 24.3 Å². The lowest BCUT2D eigenvalue weighted by Crippen LogP contribution is -2.41. The van der Waals surface area contributed by atoms with E-state index in [0.717, 1.165) is 21.3 Å². The Morgan fingerprint density at radius 3 is 2.40 bits per heavy atom. The van der Waals surface area contributed by atoms with Crippen molar-refractivity contribution in [3.8, 4) is 0 Å². The topological polar surface area (TPSA) is 61.4 Å². The average molecular weight is 353 g/mol. The average Bonchev–Trinajstić information content (AvgIpc) is 2.96. The molecule has 2 N–H and O–H groups in total. The smallest absolute Gasteiger partial charge is 0.280 e. The van der Waals surface area contributed by atoms with Gasteiger partial charge in [0, 0.05) is 30.0 Å². The summed E-state index contributed by atoms with van der Waals surface area (Å²) >= 11 is 1.42. The predicted octanol–water partition coefficient (Wildman–Crippen LogP) is 3.35. The largest absolute Gasteiger partial charge is 0.378 e. The van der Waals surface area contributed by atoms with Gasteiger partial charge in [-0.25, -0.2) is 0 Å². The number of hydrogen-bond donors (Lipinski definition) is 2. The minimum atomic E-state index is -0.351. The van der Waals surface area contributed by atoms with Gasteiger partial charge in [0.15, 0.2) is 0 Å². The van der Waals surface area contributed by atoms with Crippen LogP contribution >= 0.6 is 11.3 Å². The summed E-state index contributed by atoms with van der Waals surface area (Å²) in [5.74, 6) is -0.661. The number of fused-ring (bicyclic) bond motifs is 1. The molecule has 0 spiro atoms. The molecule has 0 fully saturated rings. The molecular weight excluding hydrogens is 334 g/mol. The monoisotopic (exact) mass is 353 g/mol. The quantitative estimate of drug-likeness (QED) is 0.710. The Bertz CT molecular complexity index is 947. The molecule has 2 amide bonds. The maximum atomic E-state index is 12.4. The summed E-state index contributed by atoms with van der Waals surface area (Å²) in [4.78, 5) is 27.2. The summed E-state index contributed by atoms with van der Waals surface area (Å²) in [6.45, 7) is 1.91. The molecule has 3 rings (SSSR count). The molecule has 2 aromatic carbocycles. The lowest BCUT2D eigenvalue weighted by Gasteiger charge is -2.13. The zero-order valence-electron chi connectivity index (χ0n) is 14.3. The van der Waals surface area contributed by atoms with Gasteiger partial charge in [0.1, 0.15) is 0 Å². The second kappa shape index (κ2) is 6.94. The van der Waals surface area contributed by atoms with Crippen LogP contribution in [0.1, 0.15) is 25.6 Å². The van der Waals surface area contributed by atoms with Gasteiger partial charge in [0.2, 0.25) is 0 Å². The molecule has 0 radical (unpaired) electrons. The zero-order chi connectivity index (χ0) is 18.0. The Labute approximate surface area is 150 Å². The minimum absolute atomic E-state index is 0.309. The number of rotatable bonds is 3. The first-order valence-corrected chi connectivity index (χ1v) is 8.65. The van der Waals surface area contributed by atoms with Crippen LogP contribution in [-0.2, 0) is 0 Å². The molecule has 3 aromatic rings. The van der Waals surface area contributed by atoms with Crippen LogP contribution in [0.5, 0.6) is 0 Å². The zero-order valence-corrected chi connectivity index (χ0v) is 15.1. The lowest BCUT2D eigenvalue weighted by molar-refractivity contribution is 0.0848. The Hall–Kier alpha value is -2.86. The van der Waals surface area contributed by atoms with Gasteiger partial charge >= 0.3 is 0 Å². The number of aryl methyl sites for hydroxylation is 1. The van der Waals surface area contributed by atoms with Crippen LogP contribution in [-0.4, -0.2) is 25.9 Å². The van der Waals surface area contributed by atoms with Crippen LogP contribution in [0, 0.1) is 6.92 Å². The molecule has 128 valence electrons. The highest BCUT2D eigenvalue weighted by Crippen LogP contribution is 2.30. The molecule has 0 atom stereocenters. The highest BCUT2D eigenvalue weighted by atomic mass is 32.1. The second-order valence-electron chi connectivity index (χ2n) is 5.91. The van der Waals surface area contributed by atoms with E-state index >= 15 is 0 Å². The van der Waals surface area contributed by atoms with Crippen molar-refractivity contribution < 1.29 is 9.59 Å². The predicted molar refractivity (Wildman–Crippen MR) is 102 cm³/mol. The third-order valence-corrected chi connectivity index (χ3v) is 5.24. The molecule has 0 bridgehead atoms. The molecule has 5 nitrogen and oxygen atoms in total. The Morgan fingerprint density at radius 2 is 1.68 bits per heavy atom. The fourth-order valence-corrected chi connectivity index (χ4v) is 3.66. The van der Waals surface area contributed by atoms with Crippen molar-refractivity contribution in [1.29, 1.82) is 0 Å². The van der Waals surface area contributed by atoms with E-state index in [1.165, 1.54) is 11.3 Å². The third-order valence-electron chi connectivity index (χ3n) is 3.96. The van der Waals surface area contributed by atoms with Gasteiger partial charge in [-0.2, -0.15) is 0 Å². The van der Waals surface area contributed by atoms with Crippen LogP contribution in [0.25, 0.3) is 10.1 Å². The van der Waals surface area contributed by atoms with E-state index in [9.17, 15) is 9.59 Å². The van der Waals surface area contributed by atoms with Gasteiger partial charge in [0.25, 0.3) is 11.8 Å². The first-order valence-electron chi connectivity index (χ1n) is 7.83. The van der Waals surface area contributed by atoms with Crippen molar-refractivity contribution in [3.05, 3.63) is 64.5 Å². The van der Waals surface area contributed by atoms with E-state index < -0.39 is 0 Å². The standard InChI is InChI=1S/C19H19N3O2S/c1-12-15-9-4-5-10-16(15)25-17(12)19(24)21-20-18(23)13-7-6-8-14(11-13)22(2)3/h4-11H,1-3H3,(H,20,23)(H,21,24). The van der Waals surface area contributed by atoms with Gasteiger partial charge in [0.05, 0.1) is 4.88 Å². The van der Waals surface area contributed by atoms with E-state index in [0.29, 0.717) is 10.4 Å². The number of carbonyl (C=O) groups excluding carboxylic acids is 2. The van der Waals surface area contributed by atoms with E-state index in [1.807, 2.05) is 62.3 Å². The number of thiophene rings is 1. The van der Waals surface area contributed by atoms with Crippen molar-refractivity contribution in [1.82, 2.24) is 10.9 Å². The number of hydrogen-bond acceptors (Lipinski definition) is 4. The Kier molecular flexibility index (Phi) is 4.72. The molecule has 0 saturated carbocycles. The number of nitrogens with one attached hydrogen (secondary N) is 2. The third kappa shape index (κ3) is 3.49. The van der Waals surface area contributed by atoms with E-state index in [2.05, 4.69) is 10.9 Å². The van der Waals surface area contributed by atoms with Crippen LogP contribution in [0.15, 0.2) is 48.5 Å². The summed E-state index contributed by atoms with van der Waals surface area (Å²) in [6.07, 6.45) is 0. The van der Waals surface area contributed by atoms with Crippen LogP contribution < -0.4 is 15.8 Å². The van der Waals surface area contributed by atoms with E-state index in [-0.39, 0.29) is 11.8 Å². The summed E-state index contributed by atoms with van der Waals surface area (Å²) in [7, 11) is 3.81. The Morgan fingerprint density at radius 1 is 0.960 bits per heavy atom. The normalized spacial score (nSPS) is 10.5. The highest BCUT2D eigenvalue weighted by Gasteiger charge is 2.16. The molecule has 0 aliphatic heterocycles. The Balaban J connectivity index is 1.72. The van der Waals surface area contributed by atoms with Crippen molar-refractivity contribution >= 4 is 38.9 Å². The molecule has 1 aromatic heterocycles. The summed E-state index contributed by atoms with van der Waals surface area (Å²) in [6, 6.07) is 15.1. The van der Waals surface area contributed by atoms with Crippen LogP contribution in [0.3, 0.4) is 0 Å². The lowest BCUT2D eigenvalue weighted by atomic mass is 10.1. The molecule has 6 heteroatoms. The van der Waals surface area contributed by atoms with Gasteiger partial charge < -0.3 is 4.90 Å². The van der Waals surface area contributed by atoms with Crippen molar-refractivity contribution in [2.75, 3.05) is 19.0 Å². The second-order valence-corrected chi connectivity index (χ2v) is 6.96. The molecule has 1 heterocycles. The van der Waals surface area contributed by atoms with Crippen LogP contribution in [0.4, 0.5) is 5.69 Å². The van der Waals surface area contributed by atoms with Crippen LogP contribution in [0.2, 0.25) is 0 Å². The summed E-state index contributed by atoms with van der Waals surface area (Å²) < 4.78 is 1.05. The van der Waals surface area contributed by atoms with E-state index in [1.54, 1.807) is 12.1 Å². The SMILES string of the molecule is Cc1c(C(=O)NNC(=O)c2cccc(N(C)C)c2)sc2ccccc12. The number of carbonyl (C=O) groups is 2. The number of nitrogens with zero attached hydrogens (tertiary/aromatic N) is 1.